The predicted molar refractivity (Wildman–Crippen MR) is 99.8 cm³/mol. The van der Waals surface area contributed by atoms with E-state index < -0.39 is 23.2 Å². The summed E-state index contributed by atoms with van der Waals surface area (Å²) in [5.41, 5.74) is -0.187. The Hall–Kier alpha value is -3.34. The molecule has 11 heteroatoms. The first-order chi connectivity index (χ1) is 13.8. The lowest BCUT2D eigenvalue weighted by Gasteiger charge is -2.14. The van der Waals surface area contributed by atoms with Crippen LogP contribution in [0, 0.1) is 5.82 Å². The summed E-state index contributed by atoms with van der Waals surface area (Å²) in [5, 5.41) is 4.39. The fourth-order valence-corrected chi connectivity index (χ4v) is 4.16. The molecule has 4 heterocycles. The van der Waals surface area contributed by atoms with Gasteiger partial charge in [-0.1, -0.05) is 6.07 Å². The second-order valence-electron chi connectivity index (χ2n) is 6.37. The second-order valence-corrected chi connectivity index (χ2v) is 7.23. The summed E-state index contributed by atoms with van der Waals surface area (Å²) in [6, 6.07) is 5.68. The van der Waals surface area contributed by atoms with Gasteiger partial charge >= 0.3 is 6.18 Å². The summed E-state index contributed by atoms with van der Waals surface area (Å²) in [6.07, 6.45) is -3.56. The topological polar surface area (TPSA) is 65.6 Å². The number of halogens is 4. The Kier molecular flexibility index (Phi) is 3.57. The van der Waals surface area contributed by atoms with Gasteiger partial charge in [0.25, 0.3) is 5.56 Å². The van der Waals surface area contributed by atoms with Gasteiger partial charge in [-0.05, 0) is 18.2 Å². The molecule has 0 aliphatic heterocycles. The van der Waals surface area contributed by atoms with Crippen molar-refractivity contribution in [1.82, 2.24) is 24.3 Å². The number of pyridine rings is 2. The van der Waals surface area contributed by atoms with Crippen LogP contribution in [0.5, 0.6) is 0 Å². The number of aromatic nitrogens is 5. The number of benzene rings is 1. The highest BCUT2D eigenvalue weighted by molar-refractivity contribution is 7.17. The zero-order chi connectivity index (χ0) is 20.5. The van der Waals surface area contributed by atoms with Crippen molar-refractivity contribution in [2.45, 2.75) is 6.18 Å². The fraction of sp³-hybridized carbons (Fsp3) is 0.111. The van der Waals surface area contributed by atoms with Gasteiger partial charge in [0.15, 0.2) is 17.0 Å². The molecular formula is C18H9F4N5OS. The van der Waals surface area contributed by atoms with Crippen LogP contribution in [0.4, 0.5) is 17.6 Å². The van der Waals surface area contributed by atoms with Crippen molar-refractivity contribution >= 4 is 43.5 Å². The smallest absolute Gasteiger partial charge is 0.274 e. The molecule has 0 aliphatic rings. The molecule has 0 saturated heterocycles. The first kappa shape index (κ1) is 17.7. The molecule has 1 aromatic carbocycles. The third-order valence-corrected chi connectivity index (χ3v) is 5.40. The van der Waals surface area contributed by atoms with Gasteiger partial charge < -0.3 is 0 Å². The van der Waals surface area contributed by atoms with Gasteiger partial charge in [0.1, 0.15) is 5.65 Å². The van der Waals surface area contributed by atoms with Crippen LogP contribution in [-0.4, -0.2) is 24.3 Å². The number of rotatable bonds is 1. The largest absolute Gasteiger partial charge is 0.436 e. The van der Waals surface area contributed by atoms with E-state index in [0.29, 0.717) is 15.9 Å². The van der Waals surface area contributed by atoms with Crippen molar-refractivity contribution in [3.63, 3.8) is 0 Å². The van der Waals surface area contributed by atoms with Crippen LogP contribution in [0.2, 0.25) is 0 Å². The lowest BCUT2D eigenvalue weighted by molar-refractivity contribution is -0.143. The standard InChI is InChI=1S/C18H9F4N5OS/c1-26-6-9-8-5-10(19)15(18(20,21)22)24-16(8)27(17(28)13(9)25-26)12-4-2-3-11-14(12)29-7-23-11/h2-7H,1H3. The fourth-order valence-electron chi connectivity index (χ4n) is 3.36. The Morgan fingerprint density at radius 1 is 1.17 bits per heavy atom. The average molecular weight is 419 g/mol. The summed E-state index contributed by atoms with van der Waals surface area (Å²) in [5.74, 6) is -1.52. The minimum absolute atomic E-state index is 0.00229. The minimum atomic E-state index is -5.01. The molecule has 6 nitrogen and oxygen atoms in total. The zero-order valence-electron chi connectivity index (χ0n) is 14.5. The van der Waals surface area contributed by atoms with Gasteiger partial charge in [-0.25, -0.2) is 14.4 Å². The van der Waals surface area contributed by atoms with Gasteiger partial charge in [-0.15, -0.1) is 11.3 Å². The van der Waals surface area contributed by atoms with Crippen molar-refractivity contribution in [2.24, 2.45) is 7.05 Å². The van der Waals surface area contributed by atoms with Crippen LogP contribution in [0.25, 0.3) is 37.8 Å². The summed E-state index contributed by atoms with van der Waals surface area (Å²) in [6.45, 7) is 0. The first-order valence-corrected chi connectivity index (χ1v) is 9.12. The molecule has 0 spiro atoms. The zero-order valence-corrected chi connectivity index (χ0v) is 15.3. The van der Waals surface area contributed by atoms with Crippen molar-refractivity contribution in [3.05, 3.63) is 57.8 Å². The number of hydrogen-bond donors (Lipinski definition) is 0. The van der Waals surface area contributed by atoms with Crippen LogP contribution in [0.15, 0.2) is 40.8 Å². The maximum absolute atomic E-state index is 14.3. The van der Waals surface area contributed by atoms with E-state index in [-0.39, 0.29) is 21.9 Å². The van der Waals surface area contributed by atoms with E-state index in [1.807, 2.05) is 0 Å². The number of hydrogen-bond acceptors (Lipinski definition) is 5. The Morgan fingerprint density at radius 2 is 1.97 bits per heavy atom. The van der Waals surface area contributed by atoms with E-state index in [9.17, 15) is 22.4 Å². The van der Waals surface area contributed by atoms with Crippen molar-refractivity contribution in [1.29, 1.82) is 0 Å². The quantitative estimate of drug-likeness (QED) is 0.385. The average Bonchev–Trinajstić information content (AvgIpc) is 3.28. The third kappa shape index (κ3) is 2.54. The molecule has 0 unspecified atom stereocenters. The van der Waals surface area contributed by atoms with E-state index in [4.69, 9.17) is 0 Å². The van der Waals surface area contributed by atoms with Gasteiger partial charge in [-0.3, -0.25) is 14.0 Å². The summed E-state index contributed by atoms with van der Waals surface area (Å²) in [4.78, 5) is 20.9. The van der Waals surface area contributed by atoms with Crippen LogP contribution in [0.3, 0.4) is 0 Å². The first-order valence-electron chi connectivity index (χ1n) is 8.24. The highest BCUT2D eigenvalue weighted by Crippen LogP contribution is 2.34. The number of nitrogens with zero attached hydrogens (tertiary/aromatic N) is 5. The minimum Gasteiger partial charge on any atom is -0.274 e. The molecule has 0 atom stereocenters. The van der Waals surface area contributed by atoms with E-state index in [0.717, 1.165) is 10.6 Å². The molecule has 0 bridgehead atoms. The second kappa shape index (κ2) is 5.83. The highest BCUT2D eigenvalue weighted by atomic mass is 32.1. The van der Waals surface area contributed by atoms with E-state index in [1.165, 1.54) is 22.2 Å². The molecule has 4 aromatic heterocycles. The highest BCUT2D eigenvalue weighted by Gasteiger charge is 2.37. The Morgan fingerprint density at radius 3 is 2.72 bits per heavy atom. The number of alkyl halides is 3. The van der Waals surface area contributed by atoms with Crippen molar-refractivity contribution in [2.75, 3.05) is 0 Å². The summed E-state index contributed by atoms with van der Waals surface area (Å²) in [7, 11) is 1.56. The summed E-state index contributed by atoms with van der Waals surface area (Å²) < 4.78 is 57.2. The van der Waals surface area contributed by atoms with E-state index >= 15 is 0 Å². The Balaban J connectivity index is 2.05. The van der Waals surface area contributed by atoms with E-state index in [2.05, 4.69) is 15.1 Å². The van der Waals surface area contributed by atoms with Crippen LogP contribution in [-0.2, 0) is 13.2 Å². The lowest BCUT2D eigenvalue weighted by atomic mass is 10.1. The Bertz CT molecular complexity index is 1500. The monoisotopic (exact) mass is 419 g/mol. The van der Waals surface area contributed by atoms with Crippen LogP contribution >= 0.6 is 11.3 Å². The number of aryl methyl sites for hydroxylation is 1. The molecule has 5 rings (SSSR count). The van der Waals surface area contributed by atoms with Gasteiger partial charge in [-0.2, -0.15) is 18.3 Å². The van der Waals surface area contributed by atoms with Crippen LogP contribution in [0.1, 0.15) is 5.69 Å². The molecule has 0 amide bonds. The maximum Gasteiger partial charge on any atom is 0.436 e. The molecule has 0 fully saturated rings. The SMILES string of the molecule is Cn1cc2c(n1)c(=O)n(-c1cccc3ncsc13)c1nc(C(F)(F)F)c(F)cc21. The Labute approximate surface area is 162 Å². The predicted octanol–water partition coefficient (Wildman–Crippen LogP) is 4.04. The molecule has 0 radical (unpaired) electrons. The molecule has 146 valence electrons. The number of thiazole rings is 1. The molecule has 29 heavy (non-hydrogen) atoms. The van der Waals surface area contributed by atoms with Gasteiger partial charge in [0, 0.05) is 24.0 Å². The number of fused-ring (bicyclic) bond motifs is 4. The molecule has 0 aliphatic carbocycles. The molecule has 5 aromatic rings. The van der Waals surface area contributed by atoms with Gasteiger partial charge in [0.05, 0.1) is 21.4 Å². The normalized spacial score (nSPS) is 12.4. The summed E-state index contributed by atoms with van der Waals surface area (Å²) >= 11 is 1.23. The third-order valence-electron chi connectivity index (χ3n) is 4.54. The maximum atomic E-state index is 14.3. The van der Waals surface area contributed by atoms with Crippen molar-refractivity contribution < 1.29 is 17.6 Å². The lowest BCUT2D eigenvalue weighted by Crippen LogP contribution is -2.22. The molecular weight excluding hydrogens is 410 g/mol. The van der Waals surface area contributed by atoms with Crippen molar-refractivity contribution in [3.8, 4) is 5.69 Å². The van der Waals surface area contributed by atoms with Gasteiger partial charge in [0.2, 0.25) is 0 Å². The molecule has 0 saturated carbocycles. The molecule has 0 N–H and O–H groups in total. The van der Waals surface area contributed by atoms with E-state index in [1.54, 1.807) is 30.8 Å². The van der Waals surface area contributed by atoms with Crippen LogP contribution < -0.4 is 5.56 Å².